The maximum atomic E-state index is 10.5. The summed E-state index contributed by atoms with van der Waals surface area (Å²) >= 11 is 4.70. The number of nitrogens with one attached hydrogen (secondary N) is 2. The van der Waals surface area contributed by atoms with Gasteiger partial charge in [0.15, 0.2) is 0 Å². The van der Waals surface area contributed by atoms with Crippen LogP contribution in [0.3, 0.4) is 0 Å². The Bertz CT molecular complexity index is 327. The average molecular weight is 158 g/mol. The molecule has 0 atom stereocenters. The molecule has 0 unspecified atom stereocenters. The first-order valence-corrected chi connectivity index (χ1v) is 3.06. The van der Waals surface area contributed by atoms with Gasteiger partial charge in [0.1, 0.15) is 4.64 Å². The Kier molecular flexibility index (Phi) is 1.98. The Morgan fingerprint density at radius 1 is 1.70 bits per heavy atom. The minimum atomic E-state index is -0.359. The molecule has 10 heavy (non-hydrogen) atoms. The SMILES string of the molecule is O=c1[nH]cc(CO)c(=S)[nH]1. The highest BCUT2D eigenvalue weighted by molar-refractivity contribution is 7.71. The molecule has 0 aliphatic rings. The highest BCUT2D eigenvalue weighted by Gasteiger charge is 1.91. The molecule has 3 N–H and O–H groups in total. The van der Waals surface area contributed by atoms with E-state index in [1.54, 1.807) is 0 Å². The molecule has 0 aliphatic heterocycles. The molecule has 0 amide bonds. The molecule has 1 aromatic heterocycles. The van der Waals surface area contributed by atoms with Crippen molar-refractivity contribution < 1.29 is 5.11 Å². The van der Waals surface area contributed by atoms with Crippen molar-refractivity contribution in [2.45, 2.75) is 6.61 Å². The zero-order chi connectivity index (χ0) is 7.56. The van der Waals surface area contributed by atoms with E-state index in [1.807, 2.05) is 0 Å². The second-order valence-electron chi connectivity index (χ2n) is 1.76. The summed E-state index contributed by atoms with van der Waals surface area (Å²) in [5.74, 6) is 0. The van der Waals surface area contributed by atoms with E-state index < -0.39 is 0 Å². The van der Waals surface area contributed by atoms with Crippen molar-refractivity contribution in [3.05, 3.63) is 26.9 Å². The summed E-state index contributed by atoms with van der Waals surface area (Å²) < 4.78 is 0.284. The van der Waals surface area contributed by atoms with E-state index in [1.165, 1.54) is 6.20 Å². The molecule has 0 radical (unpaired) electrons. The first-order chi connectivity index (χ1) is 4.74. The van der Waals surface area contributed by atoms with E-state index in [0.29, 0.717) is 5.56 Å². The fraction of sp³-hybridized carbons (Fsp3) is 0.200. The maximum absolute atomic E-state index is 10.5. The Hall–Kier alpha value is -0.940. The van der Waals surface area contributed by atoms with Crippen LogP contribution in [-0.2, 0) is 6.61 Å². The summed E-state index contributed by atoms with van der Waals surface area (Å²) in [6.45, 7) is -0.161. The largest absolute Gasteiger partial charge is 0.392 e. The molecule has 0 saturated heterocycles. The van der Waals surface area contributed by atoms with Crippen LogP contribution in [0.2, 0.25) is 0 Å². The van der Waals surface area contributed by atoms with Gasteiger partial charge in [-0.25, -0.2) is 4.79 Å². The third kappa shape index (κ3) is 1.31. The lowest BCUT2D eigenvalue weighted by Gasteiger charge is -1.91. The molecule has 1 rings (SSSR count). The standard InChI is InChI=1S/C5H6N2O2S/c8-2-3-1-6-5(9)7-4(3)10/h1,8H,2H2,(H2,6,7,9,10). The lowest BCUT2D eigenvalue weighted by Crippen LogP contribution is -2.10. The normalized spacial score (nSPS) is 9.70. The number of aromatic amines is 2. The molecule has 0 aliphatic carbocycles. The van der Waals surface area contributed by atoms with E-state index in [-0.39, 0.29) is 16.9 Å². The summed E-state index contributed by atoms with van der Waals surface area (Å²) in [5.41, 5.74) is 0.164. The molecule has 54 valence electrons. The molecule has 4 nitrogen and oxygen atoms in total. The van der Waals surface area contributed by atoms with Gasteiger partial charge in [-0.3, -0.25) is 4.98 Å². The van der Waals surface area contributed by atoms with E-state index >= 15 is 0 Å². The summed E-state index contributed by atoms with van der Waals surface area (Å²) in [5, 5.41) is 8.60. The van der Waals surface area contributed by atoms with Crippen molar-refractivity contribution in [3.63, 3.8) is 0 Å². The summed E-state index contributed by atoms with van der Waals surface area (Å²) in [4.78, 5) is 15.2. The van der Waals surface area contributed by atoms with Gasteiger partial charge in [0.05, 0.1) is 6.61 Å². The van der Waals surface area contributed by atoms with Gasteiger partial charge in [0.25, 0.3) is 0 Å². The van der Waals surface area contributed by atoms with Crippen molar-refractivity contribution in [2.75, 3.05) is 0 Å². The molecular formula is C5H6N2O2S. The van der Waals surface area contributed by atoms with Gasteiger partial charge < -0.3 is 10.1 Å². The van der Waals surface area contributed by atoms with Crippen LogP contribution >= 0.6 is 12.2 Å². The highest BCUT2D eigenvalue weighted by Crippen LogP contribution is 1.92. The fourth-order valence-electron chi connectivity index (χ4n) is 0.555. The summed E-state index contributed by atoms with van der Waals surface area (Å²) in [6, 6.07) is 0. The Morgan fingerprint density at radius 2 is 2.40 bits per heavy atom. The number of hydrogen-bond acceptors (Lipinski definition) is 3. The van der Waals surface area contributed by atoms with E-state index in [4.69, 9.17) is 17.3 Å². The van der Waals surface area contributed by atoms with Crippen LogP contribution in [0.1, 0.15) is 5.56 Å². The molecule has 0 aromatic carbocycles. The number of H-pyrrole nitrogens is 2. The van der Waals surface area contributed by atoms with Crippen molar-refractivity contribution in [1.29, 1.82) is 0 Å². The Morgan fingerprint density at radius 3 is 2.90 bits per heavy atom. The van der Waals surface area contributed by atoms with Crippen molar-refractivity contribution in [3.8, 4) is 0 Å². The van der Waals surface area contributed by atoms with Gasteiger partial charge in [-0.15, -0.1) is 0 Å². The lowest BCUT2D eigenvalue weighted by molar-refractivity contribution is 0.280. The Labute approximate surface area is 61.6 Å². The first-order valence-electron chi connectivity index (χ1n) is 2.66. The van der Waals surface area contributed by atoms with Crippen LogP contribution in [0, 0.1) is 4.64 Å². The second kappa shape index (κ2) is 2.76. The van der Waals surface area contributed by atoms with E-state index in [9.17, 15) is 4.79 Å². The highest BCUT2D eigenvalue weighted by atomic mass is 32.1. The van der Waals surface area contributed by atoms with Gasteiger partial charge in [-0.1, -0.05) is 12.2 Å². The Balaban J connectivity index is 3.34. The van der Waals surface area contributed by atoms with Crippen LogP contribution in [0.25, 0.3) is 0 Å². The zero-order valence-corrected chi connectivity index (χ0v) is 5.86. The topological polar surface area (TPSA) is 68.9 Å². The monoisotopic (exact) mass is 158 g/mol. The molecule has 5 heteroatoms. The average Bonchev–Trinajstić information content (AvgIpc) is 1.88. The van der Waals surface area contributed by atoms with Gasteiger partial charge in [-0.05, 0) is 0 Å². The van der Waals surface area contributed by atoms with Gasteiger partial charge in [0, 0.05) is 11.8 Å². The molecule has 1 aromatic rings. The quantitative estimate of drug-likeness (QED) is 0.501. The predicted molar refractivity (Wildman–Crippen MR) is 38.2 cm³/mol. The number of aliphatic hydroxyl groups excluding tert-OH is 1. The van der Waals surface area contributed by atoms with Crippen LogP contribution in [0.4, 0.5) is 0 Å². The fourth-order valence-corrected chi connectivity index (χ4v) is 0.771. The second-order valence-corrected chi connectivity index (χ2v) is 2.16. The van der Waals surface area contributed by atoms with Crippen molar-refractivity contribution >= 4 is 12.2 Å². The maximum Gasteiger partial charge on any atom is 0.323 e. The molecule has 1 heterocycles. The van der Waals surface area contributed by atoms with Crippen LogP contribution in [0.15, 0.2) is 11.0 Å². The smallest absolute Gasteiger partial charge is 0.323 e. The molecule has 0 saturated carbocycles. The number of hydrogen-bond donors (Lipinski definition) is 3. The van der Waals surface area contributed by atoms with Gasteiger partial charge in [0.2, 0.25) is 0 Å². The van der Waals surface area contributed by atoms with E-state index in [0.717, 1.165) is 0 Å². The minimum absolute atomic E-state index is 0.161. The van der Waals surface area contributed by atoms with Gasteiger partial charge >= 0.3 is 5.69 Å². The van der Waals surface area contributed by atoms with E-state index in [2.05, 4.69) is 9.97 Å². The predicted octanol–water partition coefficient (Wildman–Crippen LogP) is -0.0752. The van der Waals surface area contributed by atoms with Gasteiger partial charge in [-0.2, -0.15) is 0 Å². The van der Waals surface area contributed by atoms with Crippen LogP contribution in [0.5, 0.6) is 0 Å². The lowest BCUT2D eigenvalue weighted by atomic mass is 10.4. The van der Waals surface area contributed by atoms with Crippen LogP contribution < -0.4 is 5.69 Å². The summed E-state index contributed by atoms with van der Waals surface area (Å²) in [6.07, 6.45) is 1.39. The summed E-state index contributed by atoms with van der Waals surface area (Å²) in [7, 11) is 0. The van der Waals surface area contributed by atoms with Crippen molar-refractivity contribution in [1.82, 2.24) is 9.97 Å². The molecular weight excluding hydrogens is 152 g/mol. The number of aliphatic hydroxyl groups is 1. The molecule has 0 bridgehead atoms. The first kappa shape index (κ1) is 7.17. The minimum Gasteiger partial charge on any atom is -0.392 e. The zero-order valence-electron chi connectivity index (χ0n) is 5.05. The van der Waals surface area contributed by atoms with Crippen LogP contribution in [-0.4, -0.2) is 15.1 Å². The number of aromatic nitrogens is 2. The third-order valence-corrected chi connectivity index (χ3v) is 1.43. The number of rotatable bonds is 1. The third-order valence-electron chi connectivity index (χ3n) is 1.07. The van der Waals surface area contributed by atoms with Crippen molar-refractivity contribution in [2.24, 2.45) is 0 Å². The molecule has 0 fully saturated rings. The molecule has 0 spiro atoms.